The van der Waals surface area contributed by atoms with Gasteiger partial charge in [-0.25, -0.2) is 0 Å². The zero-order chi connectivity index (χ0) is 11.5. The Morgan fingerprint density at radius 1 is 1.19 bits per heavy atom. The largest absolute Gasteiger partial charge is 0.384 e. The average Bonchev–Trinajstić information content (AvgIpc) is 2.28. The standard InChI is InChI=1S/C13H13NO2/c1-9(15)13(16)14-12-7-6-10-4-2-3-5-11(10)8-12/h2-9,15H,1H3,(H,14,16). The van der Waals surface area contributed by atoms with Crippen molar-refractivity contribution in [3.63, 3.8) is 0 Å². The van der Waals surface area contributed by atoms with Crippen molar-refractivity contribution in [3.05, 3.63) is 42.5 Å². The summed E-state index contributed by atoms with van der Waals surface area (Å²) in [5.74, 6) is -0.393. The third-order valence-corrected chi connectivity index (χ3v) is 2.40. The number of fused-ring (bicyclic) bond motifs is 1. The van der Waals surface area contributed by atoms with Gasteiger partial charge in [-0.1, -0.05) is 30.3 Å². The maximum Gasteiger partial charge on any atom is 0.252 e. The van der Waals surface area contributed by atoms with Crippen LogP contribution in [0.15, 0.2) is 42.5 Å². The second-order valence-corrected chi connectivity index (χ2v) is 3.73. The molecule has 2 aromatic rings. The fourth-order valence-electron chi connectivity index (χ4n) is 1.51. The molecule has 0 fully saturated rings. The zero-order valence-corrected chi connectivity index (χ0v) is 8.97. The van der Waals surface area contributed by atoms with Crippen molar-refractivity contribution in [1.82, 2.24) is 0 Å². The van der Waals surface area contributed by atoms with Crippen molar-refractivity contribution in [2.24, 2.45) is 0 Å². The van der Waals surface area contributed by atoms with Crippen LogP contribution in [0.4, 0.5) is 5.69 Å². The highest BCUT2D eigenvalue weighted by atomic mass is 16.3. The van der Waals surface area contributed by atoms with E-state index < -0.39 is 12.0 Å². The zero-order valence-electron chi connectivity index (χ0n) is 8.97. The SMILES string of the molecule is CC(O)C(=O)Nc1ccc2ccccc2c1. The summed E-state index contributed by atoms with van der Waals surface area (Å²) in [6.07, 6.45) is -0.994. The molecule has 2 N–H and O–H groups in total. The predicted molar refractivity (Wildman–Crippen MR) is 64.3 cm³/mol. The number of nitrogens with one attached hydrogen (secondary N) is 1. The molecule has 0 radical (unpaired) electrons. The van der Waals surface area contributed by atoms with Gasteiger partial charge in [0, 0.05) is 5.69 Å². The molecule has 0 aliphatic heterocycles. The quantitative estimate of drug-likeness (QED) is 0.806. The molecule has 1 amide bonds. The number of benzene rings is 2. The smallest absolute Gasteiger partial charge is 0.252 e. The molecular weight excluding hydrogens is 202 g/mol. The van der Waals surface area contributed by atoms with Crippen LogP contribution in [0.1, 0.15) is 6.92 Å². The van der Waals surface area contributed by atoms with Crippen molar-refractivity contribution in [2.75, 3.05) is 5.32 Å². The van der Waals surface area contributed by atoms with Crippen LogP contribution in [0, 0.1) is 0 Å². The van der Waals surface area contributed by atoms with Crippen molar-refractivity contribution in [1.29, 1.82) is 0 Å². The number of aliphatic hydroxyl groups is 1. The first kappa shape index (κ1) is 10.6. The number of rotatable bonds is 2. The highest BCUT2D eigenvalue weighted by Gasteiger charge is 2.08. The fourth-order valence-corrected chi connectivity index (χ4v) is 1.51. The molecule has 82 valence electrons. The van der Waals surface area contributed by atoms with Gasteiger partial charge in [-0.3, -0.25) is 4.79 Å². The van der Waals surface area contributed by atoms with Crippen molar-refractivity contribution < 1.29 is 9.90 Å². The van der Waals surface area contributed by atoms with E-state index in [1.807, 2.05) is 42.5 Å². The van der Waals surface area contributed by atoms with Gasteiger partial charge in [0.25, 0.3) is 5.91 Å². The summed E-state index contributed by atoms with van der Waals surface area (Å²) in [4.78, 5) is 11.3. The summed E-state index contributed by atoms with van der Waals surface area (Å²) in [6.45, 7) is 1.44. The van der Waals surface area contributed by atoms with E-state index in [2.05, 4.69) is 5.32 Å². The molecule has 0 heterocycles. The van der Waals surface area contributed by atoms with Crippen LogP contribution in [0.3, 0.4) is 0 Å². The summed E-state index contributed by atoms with van der Waals surface area (Å²) in [6, 6.07) is 13.5. The lowest BCUT2D eigenvalue weighted by molar-refractivity contribution is -0.123. The molecule has 3 heteroatoms. The van der Waals surface area contributed by atoms with Crippen LogP contribution in [0.2, 0.25) is 0 Å². The van der Waals surface area contributed by atoms with Gasteiger partial charge in [-0.05, 0) is 29.8 Å². The number of aliphatic hydroxyl groups excluding tert-OH is 1. The Morgan fingerprint density at radius 2 is 1.88 bits per heavy atom. The van der Waals surface area contributed by atoms with E-state index >= 15 is 0 Å². The maximum atomic E-state index is 11.3. The summed E-state index contributed by atoms with van der Waals surface area (Å²) < 4.78 is 0. The van der Waals surface area contributed by atoms with Crippen molar-refractivity contribution >= 4 is 22.4 Å². The van der Waals surface area contributed by atoms with E-state index in [0.29, 0.717) is 5.69 Å². The minimum atomic E-state index is -0.994. The summed E-state index contributed by atoms with van der Waals surface area (Å²) in [7, 11) is 0. The van der Waals surface area contributed by atoms with E-state index in [-0.39, 0.29) is 0 Å². The normalized spacial score (nSPS) is 12.4. The third-order valence-electron chi connectivity index (χ3n) is 2.40. The lowest BCUT2D eigenvalue weighted by atomic mass is 10.1. The Morgan fingerprint density at radius 3 is 2.56 bits per heavy atom. The average molecular weight is 215 g/mol. The minimum absolute atomic E-state index is 0.393. The summed E-state index contributed by atoms with van der Waals surface area (Å²) in [5, 5.41) is 13.9. The Labute approximate surface area is 93.7 Å². The van der Waals surface area contributed by atoms with Gasteiger partial charge in [0.2, 0.25) is 0 Å². The van der Waals surface area contributed by atoms with Crippen LogP contribution in [-0.2, 0) is 4.79 Å². The lowest BCUT2D eigenvalue weighted by Gasteiger charge is -2.07. The van der Waals surface area contributed by atoms with Crippen molar-refractivity contribution in [3.8, 4) is 0 Å². The highest BCUT2D eigenvalue weighted by molar-refractivity contribution is 5.96. The molecule has 0 aliphatic rings. The molecule has 0 spiro atoms. The molecule has 16 heavy (non-hydrogen) atoms. The van der Waals surface area contributed by atoms with E-state index in [1.165, 1.54) is 6.92 Å². The molecule has 0 aliphatic carbocycles. The van der Waals surface area contributed by atoms with Crippen LogP contribution in [0.5, 0.6) is 0 Å². The van der Waals surface area contributed by atoms with Crippen LogP contribution >= 0.6 is 0 Å². The Kier molecular flexibility index (Phi) is 2.88. The molecule has 0 saturated heterocycles. The van der Waals surface area contributed by atoms with Crippen molar-refractivity contribution in [2.45, 2.75) is 13.0 Å². The number of anilines is 1. The molecule has 1 unspecified atom stereocenters. The number of hydrogen-bond acceptors (Lipinski definition) is 2. The Hall–Kier alpha value is -1.87. The van der Waals surface area contributed by atoms with Crippen LogP contribution < -0.4 is 5.32 Å². The fraction of sp³-hybridized carbons (Fsp3) is 0.154. The monoisotopic (exact) mass is 215 g/mol. The minimum Gasteiger partial charge on any atom is -0.384 e. The predicted octanol–water partition coefficient (Wildman–Crippen LogP) is 2.16. The molecule has 0 aromatic heterocycles. The first-order valence-electron chi connectivity index (χ1n) is 5.14. The maximum absolute atomic E-state index is 11.3. The highest BCUT2D eigenvalue weighted by Crippen LogP contribution is 2.18. The van der Waals surface area contributed by atoms with Gasteiger partial charge in [-0.2, -0.15) is 0 Å². The molecule has 2 aromatic carbocycles. The Balaban J connectivity index is 2.29. The van der Waals surface area contributed by atoms with E-state index in [1.54, 1.807) is 0 Å². The Bertz CT molecular complexity index is 520. The number of carbonyl (C=O) groups excluding carboxylic acids is 1. The molecule has 0 saturated carbocycles. The third kappa shape index (κ3) is 2.20. The number of amides is 1. The molecule has 2 rings (SSSR count). The van der Waals surface area contributed by atoms with E-state index in [4.69, 9.17) is 5.11 Å². The van der Waals surface area contributed by atoms with E-state index in [9.17, 15) is 4.79 Å². The van der Waals surface area contributed by atoms with Gasteiger partial charge in [-0.15, -0.1) is 0 Å². The van der Waals surface area contributed by atoms with Gasteiger partial charge < -0.3 is 10.4 Å². The van der Waals surface area contributed by atoms with Gasteiger partial charge >= 0.3 is 0 Å². The van der Waals surface area contributed by atoms with Gasteiger partial charge in [0.05, 0.1) is 0 Å². The second kappa shape index (κ2) is 4.33. The van der Waals surface area contributed by atoms with Crippen LogP contribution in [0.25, 0.3) is 10.8 Å². The molecule has 0 bridgehead atoms. The topological polar surface area (TPSA) is 49.3 Å². The second-order valence-electron chi connectivity index (χ2n) is 3.73. The van der Waals surface area contributed by atoms with E-state index in [0.717, 1.165) is 10.8 Å². The lowest BCUT2D eigenvalue weighted by Crippen LogP contribution is -2.24. The molecule has 3 nitrogen and oxygen atoms in total. The first-order valence-corrected chi connectivity index (χ1v) is 5.14. The number of hydrogen-bond donors (Lipinski definition) is 2. The van der Waals surface area contributed by atoms with Gasteiger partial charge in [0.15, 0.2) is 0 Å². The van der Waals surface area contributed by atoms with Gasteiger partial charge in [0.1, 0.15) is 6.10 Å². The summed E-state index contributed by atoms with van der Waals surface area (Å²) >= 11 is 0. The van der Waals surface area contributed by atoms with Crippen LogP contribution in [-0.4, -0.2) is 17.1 Å². The molecule has 1 atom stereocenters. The molecular formula is C13H13NO2. The summed E-state index contributed by atoms with van der Waals surface area (Å²) in [5.41, 5.74) is 0.699. The first-order chi connectivity index (χ1) is 7.66. The number of carbonyl (C=O) groups is 1.